The van der Waals surface area contributed by atoms with E-state index in [4.69, 9.17) is 25.9 Å². The number of nitrogens with zero attached hydrogens (tertiary/aromatic N) is 1. The Morgan fingerprint density at radius 1 is 1.12 bits per heavy atom. The highest BCUT2D eigenvalue weighted by Gasteiger charge is 2.41. The van der Waals surface area contributed by atoms with Crippen molar-refractivity contribution in [2.24, 2.45) is 0 Å². The van der Waals surface area contributed by atoms with Crippen molar-refractivity contribution in [3.8, 4) is 0 Å². The maximum atomic E-state index is 12.3. The predicted molar refractivity (Wildman–Crippen MR) is 92.5 cm³/mol. The predicted octanol–water partition coefficient (Wildman–Crippen LogP) is 3.16. The minimum atomic E-state index is -0.930. The molecule has 6 nitrogen and oxygen atoms in total. The Morgan fingerprint density at radius 3 is 2.35 bits per heavy atom. The molecule has 1 fully saturated rings. The summed E-state index contributed by atoms with van der Waals surface area (Å²) < 4.78 is 11.7. The fourth-order valence-corrected chi connectivity index (χ4v) is 3.19. The molecule has 2 atom stereocenters. The molecule has 2 heterocycles. The van der Waals surface area contributed by atoms with Gasteiger partial charge in [0, 0.05) is 10.6 Å². The molecular weight excluding hydrogens is 358 g/mol. The highest BCUT2D eigenvalue weighted by atomic mass is 35.5. The summed E-state index contributed by atoms with van der Waals surface area (Å²) in [6.07, 6.45) is -0.417. The Hall–Kier alpha value is -2.25. The molecule has 26 heavy (non-hydrogen) atoms. The summed E-state index contributed by atoms with van der Waals surface area (Å²) in [6.45, 7) is 2.11. The van der Waals surface area contributed by atoms with E-state index in [-0.39, 0.29) is 13.2 Å². The quantitative estimate of drug-likeness (QED) is 0.770. The Balaban J connectivity index is 1.40. The Kier molecular flexibility index (Phi) is 4.28. The number of benzene rings is 2. The maximum Gasteiger partial charge on any atom is 0.285 e. The van der Waals surface area contributed by atoms with Crippen LogP contribution in [0.2, 0.25) is 5.02 Å². The van der Waals surface area contributed by atoms with Crippen molar-refractivity contribution in [3.63, 3.8) is 0 Å². The zero-order chi connectivity index (χ0) is 18.3. The average Bonchev–Trinajstić information content (AvgIpc) is 3.14. The van der Waals surface area contributed by atoms with Gasteiger partial charge in [0.1, 0.15) is 12.7 Å². The standard InChI is InChI=1S/C19H16ClNO5/c1-19(12-6-8-13(20)9-7-12)24-10-14(26-19)11-25-21-17(22)15-4-2-3-5-16(15)18(21)23/h2-9,14H,10-11H2,1H3. The van der Waals surface area contributed by atoms with E-state index in [1.165, 1.54) is 0 Å². The third kappa shape index (κ3) is 2.91. The number of amides is 2. The maximum absolute atomic E-state index is 12.3. The summed E-state index contributed by atoms with van der Waals surface area (Å²) >= 11 is 5.91. The number of halogens is 1. The number of ether oxygens (including phenoxy) is 2. The van der Waals surface area contributed by atoms with E-state index in [1.54, 1.807) is 43.3 Å². The number of carbonyl (C=O) groups is 2. The first-order chi connectivity index (χ1) is 12.5. The molecule has 7 heteroatoms. The van der Waals surface area contributed by atoms with Crippen molar-refractivity contribution in [2.75, 3.05) is 13.2 Å². The zero-order valence-electron chi connectivity index (χ0n) is 14.0. The second kappa shape index (κ2) is 6.48. The van der Waals surface area contributed by atoms with Crippen LogP contribution in [-0.2, 0) is 20.1 Å². The molecule has 2 aromatic carbocycles. The first kappa shape index (κ1) is 17.2. The molecule has 134 valence electrons. The molecule has 0 N–H and O–H groups in total. The smallest absolute Gasteiger partial charge is 0.285 e. The lowest BCUT2D eigenvalue weighted by molar-refractivity contribution is -0.180. The third-order valence-corrected chi connectivity index (χ3v) is 4.70. The second-order valence-electron chi connectivity index (χ2n) is 6.25. The van der Waals surface area contributed by atoms with E-state index in [9.17, 15) is 9.59 Å². The van der Waals surface area contributed by atoms with Gasteiger partial charge in [0.05, 0.1) is 17.7 Å². The van der Waals surface area contributed by atoms with Gasteiger partial charge in [0.25, 0.3) is 11.8 Å². The summed E-state index contributed by atoms with van der Waals surface area (Å²) in [5.74, 6) is -1.87. The van der Waals surface area contributed by atoms with Crippen molar-refractivity contribution in [1.82, 2.24) is 5.06 Å². The minimum absolute atomic E-state index is 0.0225. The van der Waals surface area contributed by atoms with Crippen LogP contribution in [0.3, 0.4) is 0 Å². The topological polar surface area (TPSA) is 65.1 Å². The number of rotatable bonds is 4. The van der Waals surface area contributed by atoms with Crippen LogP contribution in [-0.4, -0.2) is 36.2 Å². The molecule has 0 aliphatic carbocycles. The molecule has 2 amide bonds. The molecule has 2 aliphatic rings. The molecular formula is C19H16ClNO5. The molecule has 1 saturated heterocycles. The van der Waals surface area contributed by atoms with Gasteiger partial charge in [0.15, 0.2) is 5.79 Å². The van der Waals surface area contributed by atoms with Crippen molar-refractivity contribution in [2.45, 2.75) is 18.8 Å². The van der Waals surface area contributed by atoms with Gasteiger partial charge in [-0.25, -0.2) is 0 Å². The van der Waals surface area contributed by atoms with E-state index in [0.29, 0.717) is 16.1 Å². The molecule has 0 saturated carbocycles. The summed E-state index contributed by atoms with van der Waals surface area (Å²) in [5.41, 5.74) is 1.50. The fourth-order valence-electron chi connectivity index (χ4n) is 3.07. The van der Waals surface area contributed by atoms with Crippen LogP contribution < -0.4 is 0 Å². The molecule has 2 aliphatic heterocycles. The highest BCUT2D eigenvalue weighted by Crippen LogP contribution is 2.34. The number of hydrogen-bond donors (Lipinski definition) is 0. The number of imide groups is 1. The van der Waals surface area contributed by atoms with Gasteiger partial charge in [-0.3, -0.25) is 14.4 Å². The van der Waals surface area contributed by atoms with Gasteiger partial charge in [-0.2, -0.15) is 0 Å². The minimum Gasteiger partial charge on any atom is -0.343 e. The Labute approximate surface area is 155 Å². The zero-order valence-corrected chi connectivity index (χ0v) is 14.7. The first-order valence-corrected chi connectivity index (χ1v) is 8.54. The molecule has 0 bridgehead atoms. The van der Waals surface area contributed by atoms with Gasteiger partial charge < -0.3 is 9.47 Å². The van der Waals surface area contributed by atoms with Crippen LogP contribution in [0.5, 0.6) is 0 Å². The van der Waals surface area contributed by atoms with Crippen LogP contribution in [0.15, 0.2) is 48.5 Å². The average molecular weight is 374 g/mol. The highest BCUT2D eigenvalue weighted by molar-refractivity contribution is 6.30. The van der Waals surface area contributed by atoms with E-state index in [0.717, 1.165) is 10.6 Å². The lowest BCUT2D eigenvalue weighted by atomic mass is 10.1. The number of carbonyl (C=O) groups excluding carboxylic acids is 2. The van der Waals surface area contributed by atoms with Crippen LogP contribution >= 0.6 is 11.6 Å². The van der Waals surface area contributed by atoms with Crippen LogP contribution in [0.1, 0.15) is 33.2 Å². The monoisotopic (exact) mass is 373 g/mol. The van der Waals surface area contributed by atoms with Gasteiger partial charge in [0.2, 0.25) is 0 Å². The van der Waals surface area contributed by atoms with Crippen molar-refractivity contribution in [3.05, 3.63) is 70.2 Å². The van der Waals surface area contributed by atoms with Crippen LogP contribution in [0.25, 0.3) is 0 Å². The number of hydroxylamine groups is 2. The lowest BCUT2D eigenvalue weighted by Gasteiger charge is -2.24. The number of hydrogen-bond acceptors (Lipinski definition) is 5. The van der Waals surface area contributed by atoms with Gasteiger partial charge in [-0.05, 0) is 31.2 Å². The largest absolute Gasteiger partial charge is 0.343 e. The van der Waals surface area contributed by atoms with Gasteiger partial charge in [-0.1, -0.05) is 35.9 Å². The molecule has 0 spiro atoms. The molecule has 0 radical (unpaired) electrons. The molecule has 0 aromatic heterocycles. The molecule has 2 aromatic rings. The lowest BCUT2D eigenvalue weighted by Crippen LogP contribution is -2.34. The van der Waals surface area contributed by atoms with E-state index < -0.39 is 23.7 Å². The summed E-state index contributed by atoms with van der Waals surface area (Å²) in [4.78, 5) is 30.0. The third-order valence-electron chi connectivity index (χ3n) is 4.45. The summed E-state index contributed by atoms with van der Waals surface area (Å²) in [6, 6.07) is 13.8. The van der Waals surface area contributed by atoms with Gasteiger partial charge in [-0.15, -0.1) is 5.06 Å². The fraction of sp³-hybridized carbons (Fsp3) is 0.263. The second-order valence-corrected chi connectivity index (χ2v) is 6.69. The normalized spacial score (nSPS) is 25.0. The Morgan fingerprint density at radius 2 is 1.73 bits per heavy atom. The van der Waals surface area contributed by atoms with Crippen LogP contribution in [0, 0.1) is 0 Å². The Bertz CT molecular complexity index is 833. The van der Waals surface area contributed by atoms with Crippen molar-refractivity contribution in [1.29, 1.82) is 0 Å². The van der Waals surface area contributed by atoms with E-state index in [1.807, 2.05) is 12.1 Å². The molecule has 2 unspecified atom stereocenters. The summed E-state index contributed by atoms with van der Waals surface area (Å²) in [5, 5.41) is 1.41. The van der Waals surface area contributed by atoms with Gasteiger partial charge >= 0.3 is 0 Å². The van der Waals surface area contributed by atoms with E-state index in [2.05, 4.69) is 0 Å². The molecule has 4 rings (SSSR count). The number of fused-ring (bicyclic) bond motifs is 1. The van der Waals surface area contributed by atoms with Crippen molar-refractivity contribution < 1.29 is 23.9 Å². The van der Waals surface area contributed by atoms with Crippen molar-refractivity contribution >= 4 is 23.4 Å². The summed E-state index contributed by atoms with van der Waals surface area (Å²) in [7, 11) is 0. The SMILES string of the molecule is CC1(c2ccc(Cl)cc2)OCC(CON2C(=O)c3ccccc3C2=O)O1. The van der Waals surface area contributed by atoms with E-state index >= 15 is 0 Å². The first-order valence-electron chi connectivity index (χ1n) is 8.16. The van der Waals surface area contributed by atoms with Crippen LogP contribution in [0.4, 0.5) is 0 Å².